The molecule has 0 radical (unpaired) electrons. The standard InChI is InChI=1S/C61H64N12O6.C2HF3O2/c1-34-46(43-10-4-7-13-49(43)65-34)28-55(74)71-52(31-62)59(77)68-40-22-16-37(17-23-40)58(38-18-24-41(25-19-38)69-60(78)53(32-63)72-56(75)29-47-35(2)66-50-14-8-5-11-44(47)50)39-20-26-42(27-21-39)70-61(79)54(33-64)73-57(76)30-48-36(3)67-51-15-9-6-12-45(48)51;3-2(4,5)1(6)7/h4-27,52-54,58,65-67H,28-33,62-64H2,1-3H3,(H,68,77)(H,69,78)(H,70,79)(H,71,74)(H,72,75)(H,73,76);(H,6,7)/t52-,53-,54-;/m0./s1. The first-order chi connectivity index (χ1) is 41.1. The molecule has 0 bridgehead atoms. The number of rotatable bonds is 21. The first kappa shape index (κ1) is 62.0. The van der Waals surface area contributed by atoms with Crippen LogP contribution in [0.3, 0.4) is 0 Å². The molecule has 0 spiro atoms. The van der Waals surface area contributed by atoms with Crippen molar-refractivity contribution in [2.75, 3.05) is 35.6 Å². The van der Waals surface area contributed by atoms with Crippen LogP contribution in [0.1, 0.15) is 56.4 Å². The minimum atomic E-state index is -5.08. The molecular weight excluding hydrogens is 1110 g/mol. The molecule has 3 heterocycles. The summed E-state index contributed by atoms with van der Waals surface area (Å²) >= 11 is 0. The van der Waals surface area contributed by atoms with Crippen molar-refractivity contribution in [2.45, 2.75) is 70.3 Å². The molecule has 9 aromatic rings. The van der Waals surface area contributed by atoms with Crippen LogP contribution in [0.4, 0.5) is 30.2 Å². The molecule has 3 aromatic heterocycles. The van der Waals surface area contributed by atoms with Crippen molar-refractivity contribution in [3.63, 3.8) is 0 Å². The number of H-pyrrole nitrogens is 3. The lowest BCUT2D eigenvalue weighted by molar-refractivity contribution is -0.192. The van der Waals surface area contributed by atoms with Crippen LogP contribution in [0, 0.1) is 20.8 Å². The molecule has 446 valence electrons. The van der Waals surface area contributed by atoms with E-state index in [1.54, 1.807) is 36.4 Å². The summed E-state index contributed by atoms with van der Waals surface area (Å²) in [5.41, 5.74) is 29.9. The van der Waals surface area contributed by atoms with Crippen molar-refractivity contribution in [2.24, 2.45) is 17.2 Å². The predicted molar refractivity (Wildman–Crippen MR) is 323 cm³/mol. The van der Waals surface area contributed by atoms with Crippen LogP contribution in [-0.4, -0.2) is 105 Å². The van der Waals surface area contributed by atoms with Crippen LogP contribution in [0.15, 0.2) is 146 Å². The number of nitrogens with two attached hydrogens (primary N) is 3. The number of carbonyl (C=O) groups excluding carboxylic acids is 6. The number of aryl methyl sites for hydroxylation is 3. The number of hydrogen-bond donors (Lipinski definition) is 13. The van der Waals surface area contributed by atoms with Gasteiger partial charge in [0.2, 0.25) is 35.4 Å². The predicted octanol–water partition coefficient (Wildman–Crippen LogP) is 6.74. The van der Waals surface area contributed by atoms with Crippen LogP contribution < -0.4 is 49.1 Å². The van der Waals surface area contributed by atoms with E-state index < -0.39 is 53.9 Å². The highest BCUT2D eigenvalue weighted by Gasteiger charge is 2.38. The van der Waals surface area contributed by atoms with Crippen LogP contribution >= 0.6 is 0 Å². The van der Waals surface area contributed by atoms with Crippen LogP contribution in [-0.2, 0) is 52.8 Å². The lowest BCUT2D eigenvalue weighted by atomic mass is 9.85. The van der Waals surface area contributed by atoms with Gasteiger partial charge in [0.1, 0.15) is 18.1 Å². The third kappa shape index (κ3) is 15.2. The fourth-order valence-corrected chi connectivity index (χ4v) is 10.1. The van der Waals surface area contributed by atoms with Gasteiger partial charge in [0.05, 0.1) is 19.3 Å². The molecule has 9 rings (SSSR count). The number of carboxylic acids is 1. The quantitative estimate of drug-likeness (QED) is 0.0334. The highest BCUT2D eigenvalue weighted by Crippen LogP contribution is 2.35. The monoisotopic (exact) mass is 1170 g/mol. The molecule has 3 atom stereocenters. The number of carbonyl (C=O) groups is 7. The van der Waals surface area contributed by atoms with Gasteiger partial charge in [-0.2, -0.15) is 13.2 Å². The zero-order chi connectivity index (χ0) is 61.8. The highest BCUT2D eigenvalue weighted by atomic mass is 19.4. The maximum Gasteiger partial charge on any atom is 0.490 e. The number of nitrogens with one attached hydrogen (secondary N) is 9. The molecule has 0 saturated heterocycles. The Morgan fingerprint density at radius 3 is 0.907 bits per heavy atom. The Hall–Kier alpha value is -10.1. The van der Waals surface area contributed by atoms with E-state index in [1.807, 2.05) is 130 Å². The number of alkyl halides is 3. The number of carboxylic acid groups (broad SMARTS) is 1. The van der Waals surface area contributed by atoms with E-state index in [2.05, 4.69) is 46.9 Å². The molecule has 6 amide bonds. The number of aliphatic carboxylic acids is 1. The fourth-order valence-electron chi connectivity index (χ4n) is 10.1. The Balaban J connectivity index is 0.00000129. The largest absolute Gasteiger partial charge is 0.490 e. The lowest BCUT2D eigenvalue weighted by Gasteiger charge is -2.22. The van der Waals surface area contributed by atoms with E-state index in [1.165, 1.54) is 0 Å². The molecule has 86 heavy (non-hydrogen) atoms. The Kier molecular flexibility index (Phi) is 19.8. The number of aromatic nitrogens is 3. The van der Waals surface area contributed by atoms with Crippen LogP contribution in [0.5, 0.6) is 0 Å². The van der Waals surface area contributed by atoms with E-state index in [4.69, 9.17) is 27.1 Å². The van der Waals surface area contributed by atoms with Crippen LogP contribution in [0.25, 0.3) is 32.7 Å². The zero-order valence-electron chi connectivity index (χ0n) is 47.1. The van der Waals surface area contributed by atoms with Gasteiger partial charge in [-0.1, -0.05) is 91.0 Å². The third-order valence-corrected chi connectivity index (χ3v) is 14.5. The number of amides is 6. The minimum absolute atomic E-state index is 0.0645. The van der Waals surface area contributed by atoms with Crippen LogP contribution in [0.2, 0.25) is 0 Å². The molecule has 16 N–H and O–H groups in total. The van der Waals surface area contributed by atoms with Gasteiger partial charge in [-0.25, -0.2) is 4.79 Å². The van der Waals surface area contributed by atoms with Gasteiger partial charge < -0.3 is 69.2 Å². The number of hydrogen-bond acceptors (Lipinski definition) is 10. The molecule has 23 heteroatoms. The van der Waals surface area contributed by atoms with Gasteiger partial charge in [0.25, 0.3) is 0 Å². The maximum atomic E-state index is 13.6. The summed E-state index contributed by atoms with van der Waals surface area (Å²) < 4.78 is 31.7. The SMILES string of the molecule is Cc1[nH]c2ccccc2c1CC(=O)N[C@@H](CN)C(=O)Nc1ccc(C(c2ccc(NC(=O)[C@H](CN)NC(=O)Cc3c(C)[nH]c4ccccc34)cc2)c2ccc(NC(=O)[C@H](CN)NC(=O)Cc3c(C)[nH]c4ccccc34)cc2)cc1.O=C(O)C(F)(F)F. The normalized spacial score (nSPS) is 12.4. The number of fused-ring (bicyclic) bond motifs is 3. The van der Waals surface area contributed by atoms with E-state index in [0.717, 1.165) is 83.2 Å². The third-order valence-electron chi connectivity index (χ3n) is 14.5. The molecule has 0 fully saturated rings. The molecule has 6 aromatic carbocycles. The number of anilines is 3. The lowest BCUT2D eigenvalue weighted by Crippen LogP contribution is -2.48. The Morgan fingerprint density at radius 2 is 0.674 bits per heavy atom. The van der Waals surface area contributed by atoms with Gasteiger partial charge in [-0.15, -0.1) is 0 Å². The zero-order valence-corrected chi connectivity index (χ0v) is 47.1. The highest BCUT2D eigenvalue weighted by molar-refractivity contribution is 6.01. The Bertz CT molecular complexity index is 3550. The molecule has 20 nitrogen and oxygen atoms in total. The van der Waals surface area contributed by atoms with E-state index >= 15 is 0 Å². The summed E-state index contributed by atoms with van der Waals surface area (Å²) in [6, 6.07) is 42.0. The molecule has 0 saturated carbocycles. The second kappa shape index (κ2) is 27.5. The maximum absolute atomic E-state index is 13.6. The summed E-state index contributed by atoms with van der Waals surface area (Å²) in [5.74, 6) is -5.63. The van der Waals surface area contributed by atoms with Crippen molar-refractivity contribution in [3.05, 3.63) is 196 Å². The van der Waals surface area contributed by atoms with Crippen molar-refractivity contribution in [1.29, 1.82) is 0 Å². The van der Waals surface area contributed by atoms with E-state index in [-0.39, 0.29) is 56.6 Å². The Morgan fingerprint density at radius 1 is 0.430 bits per heavy atom. The van der Waals surface area contributed by atoms with Crippen molar-refractivity contribution >= 4 is 91.2 Å². The summed E-state index contributed by atoms with van der Waals surface area (Å²) in [7, 11) is 0. The fraction of sp³-hybridized carbons (Fsp3) is 0.222. The molecule has 0 aliphatic heterocycles. The molecule has 0 aliphatic carbocycles. The summed E-state index contributed by atoms with van der Waals surface area (Å²) in [5, 5.41) is 27.0. The summed E-state index contributed by atoms with van der Waals surface area (Å²) in [6.07, 6.45) is -4.89. The van der Waals surface area contributed by atoms with E-state index in [0.29, 0.717) is 17.1 Å². The second-order valence-electron chi connectivity index (χ2n) is 20.5. The molecule has 0 aliphatic rings. The summed E-state index contributed by atoms with van der Waals surface area (Å²) in [4.78, 5) is 99.3. The average molecular weight is 1180 g/mol. The van der Waals surface area contributed by atoms with Gasteiger partial charge in [-0.05, 0) is 109 Å². The van der Waals surface area contributed by atoms with Gasteiger partial charge >= 0.3 is 12.1 Å². The second-order valence-corrected chi connectivity index (χ2v) is 20.5. The van der Waals surface area contributed by atoms with E-state index in [9.17, 15) is 41.9 Å². The van der Waals surface area contributed by atoms with Crippen molar-refractivity contribution in [1.82, 2.24) is 30.9 Å². The average Bonchev–Trinajstić information content (AvgIpc) is 2.55. The molecule has 0 unspecified atom stereocenters. The molecular formula is C63H65F3N12O8. The number of para-hydroxylation sites is 3. The first-order valence-electron chi connectivity index (χ1n) is 27.3. The number of halogens is 3. The number of aromatic amines is 3. The smallest absolute Gasteiger partial charge is 0.475 e. The first-order valence-corrected chi connectivity index (χ1v) is 27.3. The topological polar surface area (TPSA) is 337 Å². The van der Waals surface area contributed by atoms with Gasteiger partial charge in [0, 0.05) is 92.4 Å². The minimum Gasteiger partial charge on any atom is -0.475 e. The Labute approximate surface area is 491 Å². The van der Waals surface area contributed by atoms with Crippen molar-refractivity contribution in [3.8, 4) is 0 Å². The van der Waals surface area contributed by atoms with Crippen molar-refractivity contribution < 1.29 is 51.8 Å². The summed E-state index contributed by atoms with van der Waals surface area (Å²) in [6.45, 7) is 5.34. The van der Waals surface area contributed by atoms with Gasteiger partial charge in [0.15, 0.2) is 0 Å². The number of benzene rings is 6. The van der Waals surface area contributed by atoms with Gasteiger partial charge in [-0.3, -0.25) is 28.8 Å².